The molecule has 0 amide bonds. The topological polar surface area (TPSA) is 79.4 Å². The molecule has 1 aromatic heterocycles. The van der Waals surface area contributed by atoms with Crippen molar-refractivity contribution in [1.29, 1.82) is 0 Å². The van der Waals surface area contributed by atoms with Gasteiger partial charge in [0.2, 0.25) is 0 Å². The van der Waals surface area contributed by atoms with Gasteiger partial charge in [0.15, 0.2) is 5.78 Å². The van der Waals surface area contributed by atoms with Crippen molar-refractivity contribution in [3.63, 3.8) is 0 Å². The molecular formula is C13H13NO4. The number of carbonyl (C=O) groups is 2. The standard InChI is InChI=1S/C13H13NO4/c1-7(15)13-10(6-12(16)17)9-4-3-8(18-2)5-11(9)14-13/h3-5,14H,6H2,1-2H3,(H,16,17). The Morgan fingerprint density at radius 2 is 2.11 bits per heavy atom. The van der Waals surface area contributed by atoms with Gasteiger partial charge in [-0.25, -0.2) is 0 Å². The van der Waals surface area contributed by atoms with Crippen LogP contribution in [0.2, 0.25) is 0 Å². The number of H-pyrrole nitrogens is 1. The summed E-state index contributed by atoms with van der Waals surface area (Å²) < 4.78 is 5.09. The highest BCUT2D eigenvalue weighted by Gasteiger charge is 2.17. The van der Waals surface area contributed by atoms with Gasteiger partial charge in [-0.3, -0.25) is 9.59 Å². The molecule has 94 valence electrons. The first kappa shape index (κ1) is 12.2. The van der Waals surface area contributed by atoms with E-state index in [1.165, 1.54) is 6.92 Å². The van der Waals surface area contributed by atoms with Crippen molar-refractivity contribution in [1.82, 2.24) is 4.98 Å². The lowest BCUT2D eigenvalue weighted by Gasteiger charge is -2.00. The number of hydrogen-bond acceptors (Lipinski definition) is 3. The second-order valence-corrected chi connectivity index (χ2v) is 4.02. The van der Waals surface area contributed by atoms with Crippen molar-refractivity contribution in [2.45, 2.75) is 13.3 Å². The lowest BCUT2D eigenvalue weighted by molar-refractivity contribution is -0.136. The fourth-order valence-electron chi connectivity index (χ4n) is 2.00. The van der Waals surface area contributed by atoms with E-state index >= 15 is 0 Å². The molecular weight excluding hydrogens is 234 g/mol. The third kappa shape index (κ3) is 2.07. The fourth-order valence-corrected chi connectivity index (χ4v) is 2.00. The maximum absolute atomic E-state index is 11.5. The van der Waals surface area contributed by atoms with Crippen LogP contribution in [0.4, 0.5) is 0 Å². The molecule has 0 aliphatic carbocycles. The summed E-state index contributed by atoms with van der Waals surface area (Å²) in [4.78, 5) is 25.3. The molecule has 5 heteroatoms. The molecule has 1 heterocycles. The summed E-state index contributed by atoms with van der Waals surface area (Å²) in [6.45, 7) is 1.41. The molecule has 0 fully saturated rings. The number of rotatable bonds is 4. The average molecular weight is 247 g/mol. The minimum atomic E-state index is -0.964. The number of benzene rings is 1. The predicted molar refractivity (Wildman–Crippen MR) is 66.2 cm³/mol. The molecule has 18 heavy (non-hydrogen) atoms. The van der Waals surface area contributed by atoms with Crippen LogP contribution >= 0.6 is 0 Å². The minimum absolute atomic E-state index is 0.179. The molecule has 0 unspecified atom stereocenters. The van der Waals surface area contributed by atoms with Gasteiger partial charge in [-0.15, -0.1) is 0 Å². The van der Waals surface area contributed by atoms with E-state index in [0.717, 1.165) is 5.39 Å². The van der Waals surface area contributed by atoms with Crippen LogP contribution in [0.25, 0.3) is 10.9 Å². The summed E-state index contributed by atoms with van der Waals surface area (Å²) in [5, 5.41) is 9.64. The van der Waals surface area contributed by atoms with Crippen LogP contribution in [0.15, 0.2) is 18.2 Å². The van der Waals surface area contributed by atoms with Crippen molar-refractivity contribution in [3.05, 3.63) is 29.5 Å². The second-order valence-electron chi connectivity index (χ2n) is 4.02. The van der Waals surface area contributed by atoms with Gasteiger partial charge in [-0.1, -0.05) is 0 Å². The van der Waals surface area contributed by atoms with Gasteiger partial charge in [0.25, 0.3) is 0 Å². The Morgan fingerprint density at radius 1 is 1.39 bits per heavy atom. The number of carboxylic acids is 1. The first-order chi connectivity index (χ1) is 8.52. The van der Waals surface area contributed by atoms with Gasteiger partial charge >= 0.3 is 5.97 Å². The molecule has 0 saturated carbocycles. The number of carbonyl (C=O) groups excluding carboxylic acids is 1. The number of aromatic nitrogens is 1. The van der Waals surface area contributed by atoms with E-state index in [1.54, 1.807) is 25.3 Å². The monoisotopic (exact) mass is 247 g/mol. The molecule has 0 radical (unpaired) electrons. The summed E-state index contributed by atoms with van der Waals surface area (Å²) in [5.74, 6) is -0.489. The first-order valence-corrected chi connectivity index (χ1v) is 5.44. The van der Waals surface area contributed by atoms with Crippen molar-refractivity contribution < 1.29 is 19.4 Å². The van der Waals surface area contributed by atoms with Crippen molar-refractivity contribution in [2.75, 3.05) is 7.11 Å². The first-order valence-electron chi connectivity index (χ1n) is 5.44. The summed E-state index contributed by atoms with van der Waals surface area (Å²) in [6.07, 6.45) is -0.179. The van der Waals surface area contributed by atoms with Gasteiger partial charge in [-0.05, 0) is 17.7 Å². The van der Waals surface area contributed by atoms with E-state index in [4.69, 9.17) is 9.84 Å². The van der Waals surface area contributed by atoms with Crippen molar-refractivity contribution >= 4 is 22.7 Å². The molecule has 0 aliphatic heterocycles. The van der Waals surface area contributed by atoms with Crippen LogP contribution in [0.1, 0.15) is 23.0 Å². The second kappa shape index (κ2) is 4.52. The Hall–Kier alpha value is -2.30. The zero-order valence-electron chi connectivity index (χ0n) is 10.1. The maximum Gasteiger partial charge on any atom is 0.307 e. The van der Waals surface area contributed by atoms with E-state index in [0.29, 0.717) is 22.5 Å². The van der Waals surface area contributed by atoms with Gasteiger partial charge < -0.3 is 14.8 Å². The highest BCUT2D eigenvalue weighted by Crippen LogP contribution is 2.27. The summed E-state index contributed by atoms with van der Waals surface area (Å²) in [7, 11) is 1.55. The number of methoxy groups -OCH3 is 1. The largest absolute Gasteiger partial charge is 0.497 e. The maximum atomic E-state index is 11.5. The number of fused-ring (bicyclic) bond motifs is 1. The van der Waals surface area contributed by atoms with E-state index in [2.05, 4.69) is 4.98 Å². The van der Waals surface area contributed by atoms with Crippen LogP contribution < -0.4 is 4.74 Å². The van der Waals surface area contributed by atoms with Crippen molar-refractivity contribution in [2.24, 2.45) is 0 Å². The van der Waals surface area contributed by atoms with Gasteiger partial charge in [0.05, 0.1) is 19.2 Å². The number of nitrogens with one attached hydrogen (secondary N) is 1. The summed E-state index contributed by atoms with van der Waals surface area (Å²) in [6, 6.07) is 5.24. The molecule has 0 atom stereocenters. The summed E-state index contributed by atoms with van der Waals surface area (Å²) in [5.41, 5.74) is 1.57. The number of hydrogen-bond donors (Lipinski definition) is 2. The van der Waals surface area contributed by atoms with Gasteiger partial charge in [0, 0.05) is 23.9 Å². The highest BCUT2D eigenvalue weighted by molar-refractivity contribution is 6.02. The Balaban J connectivity index is 2.67. The Bertz CT molecular complexity index is 627. The fraction of sp³-hybridized carbons (Fsp3) is 0.231. The van der Waals surface area contributed by atoms with Crippen LogP contribution in [-0.4, -0.2) is 29.0 Å². The zero-order chi connectivity index (χ0) is 13.3. The molecule has 0 spiro atoms. The van der Waals surface area contributed by atoms with Gasteiger partial charge in [-0.2, -0.15) is 0 Å². The number of ketones is 1. The normalized spacial score (nSPS) is 10.6. The molecule has 5 nitrogen and oxygen atoms in total. The SMILES string of the molecule is COc1ccc2c(CC(=O)O)c(C(C)=O)[nH]c2c1. The lowest BCUT2D eigenvalue weighted by atomic mass is 10.1. The Labute approximate surface area is 103 Å². The quantitative estimate of drug-likeness (QED) is 0.810. The van der Waals surface area contributed by atoms with E-state index in [-0.39, 0.29) is 12.2 Å². The van der Waals surface area contributed by atoms with Crippen LogP contribution in [0.5, 0.6) is 5.75 Å². The number of aliphatic carboxylic acids is 1. The Morgan fingerprint density at radius 3 is 2.67 bits per heavy atom. The number of carboxylic acid groups (broad SMARTS) is 1. The molecule has 1 aromatic carbocycles. The number of Topliss-reactive ketones (excluding diaryl/α,β-unsaturated/α-hetero) is 1. The average Bonchev–Trinajstić information content (AvgIpc) is 2.66. The molecule has 0 saturated heterocycles. The smallest absolute Gasteiger partial charge is 0.307 e. The molecule has 0 bridgehead atoms. The highest BCUT2D eigenvalue weighted by atomic mass is 16.5. The molecule has 2 rings (SSSR count). The minimum Gasteiger partial charge on any atom is -0.497 e. The third-order valence-electron chi connectivity index (χ3n) is 2.79. The lowest BCUT2D eigenvalue weighted by Crippen LogP contribution is -2.05. The van der Waals surface area contributed by atoms with E-state index in [9.17, 15) is 9.59 Å². The van der Waals surface area contributed by atoms with E-state index in [1.807, 2.05) is 0 Å². The molecule has 2 N–H and O–H groups in total. The third-order valence-corrected chi connectivity index (χ3v) is 2.79. The van der Waals surface area contributed by atoms with E-state index < -0.39 is 5.97 Å². The zero-order valence-corrected chi connectivity index (χ0v) is 10.1. The molecule has 0 aliphatic rings. The van der Waals surface area contributed by atoms with Crippen LogP contribution in [0, 0.1) is 0 Å². The number of aromatic amines is 1. The predicted octanol–water partition coefficient (Wildman–Crippen LogP) is 2.01. The van der Waals surface area contributed by atoms with Crippen molar-refractivity contribution in [3.8, 4) is 5.75 Å². The van der Waals surface area contributed by atoms with Crippen LogP contribution in [-0.2, 0) is 11.2 Å². The number of ether oxygens (including phenoxy) is 1. The Kier molecular flexibility index (Phi) is 3.06. The summed E-state index contributed by atoms with van der Waals surface area (Å²) >= 11 is 0. The van der Waals surface area contributed by atoms with Crippen LogP contribution in [0.3, 0.4) is 0 Å². The van der Waals surface area contributed by atoms with Gasteiger partial charge in [0.1, 0.15) is 5.75 Å². The molecule has 2 aromatic rings.